The summed E-state index contributed by atoms with van der Waals surface area (Å²) >= 11 is 0.507. The van der Waals surface area contributed by atoms with Crippen LogP contribution in [0.3, 0.4) is 0 Å². The molecule has 1 saturated carbocycles. The molecule has 2 atom stereocenters. The number of benzene rings is 1. The molecule has 0 radical (unpaired) electrons. The van der Waals surface area contributed by atoms with Crippen LogP contribution in [0.15, 0.2) is 54.0 Å². The monoisotopic (exact) mass is 278 g/mol. The fraction of sp³-hybridized carbons (Fsp3) is 0.333. The summed E-state index contributed by atoms with van der Waals surface area (Å²) in [6, 6.07) is 10.7. The van der Waals surface area contributed by atoms with E-state index in [0.717, 1.165) is 11.8 Å². The van der Waals surface area contributed by atoms with Crippen LogP contribution in [0.4, 0.5) is 0 Å². The molecule has 2 rings (SSSR count). The first kappa shape index (κ1) is 11.7. The van der Waals surface area contributed by atoms with E-state index in [1.807, 2.05) is 0 Å². The molecule has 84 valence electrons. The molecule has 0 amide bonds. The Hall–Kier alpha value is -0.781. The molecule has 16 heavy (non-hydrogen) atoms. The quantitative estimate of drug-likeness (QED) is 0.586. The van der Waals surface area contributed by atoms with Crippen molar-refractivity contribution in [2.75, 3.05) is 0 Å². The van der Waals surface area contributed by atoms with Crippen molar-refractivity contribution in [1.82, 2.24) is 0 Å². The summed E-state index contributed by atoms with van der Waals surface area (Å²) in [6.07, 6.45) is 8.53. The first-order valence-corrected chi connectivity index (χ1v) is 7.74. The maximum absolute atomic E-state index is 3.88. The zero-order valence-electron chi connectivity index (χ0n) is 9.51. The van der Waals surface area contributed by atoms with Gasteiger partial charge in [-0.05, 0) is 0 Å². The van der Waals surface area contributed by atoms with E-state index in [1.54, 1.807) is 0 Å². The van der Waals surface area contributed by atoms with E-state index in [4.69, 9.17) is 0 Å². The Morgan fingerprint density at radius 2 is 1.88 bits per heavy atom. The van der Waals surface area contributed by atoms with Crippen molar-refractivity contribution < 1.29 is 0 Å². The van der Waals surface area contributed by atoms with Crippen LogP contribution in [0.5, 0.6) is 0 Å². The van der Waals surface area contributed by atoms with Gasteiger partial charge in [-0.15, -0.1) is 0 Å². The summed E-state index contributed by atoms with van der Waals surface area (Å²) in [5.41, 5.74) is 0. The maximum atomic E-state index is 3.88. The predicted octanol–water partition coefficient (Wildman–Crippen LogP) is 3.13. The zero-order chi connectivity index (χ0) is 11.2. The van der Waals surface area contributed by atoms with Crippen LogP contribution in [0.2, 0.25) is 0 Å². The van der Waals surface area contributed by atoms with Crippen LogP contribution in [-0.4, -0.2) is 15.0 Å². The summed E-state index contributed by atoms with van der Waals surface area (Å²) < 4.78 is 1.46. The van der Waals surface area contributed by atoms with Crippen LogP contribution >= 0.6 is 0 Å². The molecule has 0 N–H and O–H groups in total. The Morgan fingerprint density at radius 1 is 1.12 bits per heavy atom. The summed E-state index contributed by atoms with van der Waals surface area (Å²) in [5.74, 6) is 1.56. The van der Waals surface area contributed by atoms with Gasteiger partial charge in [-0.3, -0.25) is 0 Å². The Morgan fingerprint density at radius 3 is 2.56 bits per heavy atom. The average Bonchev–Trinajstić information content (AvgIpc) is 2.78. The SMILES string of the molecule is C=CC1CCC(/C=C/[Se]c2ccccc2)C1. The van der Waals surface area contributed by atoms with E-state index in [1.165, 1.54) is 23.7 Å². The molecule has 0 aromatic heterocycles. The second-order valence-electron chi connectivity index (χ2n) is 4.33. The van der Waals surface area contributed by atoms with Gasteiger partial charge in [0.1, 0.15) is 0 Å². The van der Waals surface area contributed by atoms with E-state index >= 15 is 0 Å². The molecule has 2 unspecified atom stereocenters. The molecule has 0 spiro atoms. The Bertz CT molecular complexity index is 353. The molecule has 1 aromatic rings. The first-order chi connectivity index (χ1) is 7.88. The molecular formula is C15H18Se. The molecule has 1 aromatic carbocycles. The van der Waals surface area contributed by atoms with E-state index < -0.39 is 0 Å². The van der Waals surface area contributed by atoms with E-state index in [2.05, 4.69) is 54.0 Å². The van der Waals surface area contributed by atoms with E-state index in [0.29, 0.717) is 15.0 Å². The second kappa shape index (κ2) is 6.08. The fourth-order valence-corrected chi connectivity index (χ4v) is 3.79. The minimum absolute atomic E-state index is 0.507. The van der Waals surface area contributed by atoms with Gasteiger partial charge in [0, 0.05) is 0 Å². The van der Waals surface area contributed by atoms with Crippen LogP contribution in [-0.2, 0) is 0 Å². The molecule has 0 aliphatic heterocycles. The number of hydrogen-bond acceptors (Lipinski definition) is 0. The predicted molar refractivity (Wildman–Crippen MR) is 72.0 cm³/mol. The number of allylic oxidation sites excluding steroid dienone is 2. The van der Waals surface area contributed by atoms with Crippen molar-refractivity contribution in [2.24, 2.45) is 11.8 Å². The van der Waals surface area contributed by atoms with Crippen LogP contribution < -0.4 is 4.46 Å². The summed E-state index contributed by atoms with van der Waals surface area (Å²) in [7, 11) is 0. The average molecular weight is 277 g/mol. The third kappa shape index (κ3) is 3.37. The van der Waals surface area contributed by atoms with Crippen molar-refractivity contribution in [2.45, 2.75) is 19.3 Å². The van der Waals surface area contributed by atoms with Crippen molar-refractivity contribution >= 4 is 19.4 Å². The van der Waals surface area contributed by atoms with Gasteiger partial charge < -0.3 is 0 Å². The molecule has 0 saturated heterocycles. The van der Waals surface area contributed by atoms with E-state index in [9.17, 15) is 0 Å². The van der Waals surface area contributed by atoms with Gasteiger partial charge in [0.25, 0.3) is 0 Å². The van der Waals surface area contributed by atoms with Gasteiger partial charge in [-0.25, -0.2) is 0 Å². The van der Waals surface area contributed by atoms with E-state index in [-0.39, 0.29) is 0 Å². The molecule has 0 nitrogen and oxygen atoms in total. The van der Waals surface area contributed by atoms with Crippen LogP contribution in [0, 0.1) is 11.8 Å². The summed E-state index contributed by atoms with van der Waals surface area (Å²) in [6.45, 7) is 3.88. The number of rotatable bonds is 4. The Labute approximate surface area is 105 Å². The Kier molecular flexibility index (Phi) is 4.44. The Balaban J connectivity index is 1.80. The molecule has 0 bridgehead atoms. The van der Waals surface area contributed by atoms with Gasteiger partial charge in [-0.1, -0.05) is 0 Å². The molecule has 1 fully saturated rings. The normalized spacial score (nSPS) is 25.0. The van der Waals surface area contributed by atoms with Crippen molar-refractivity contribution in [1.29, 1.82) is 0 Å². The van der Waals surface area contributed by atoms with Gasteiger partial charge >= 0.3 is 105 Å². The summed E-state index contributed by atoms with van der Waals surface area (Å²) in [4.78, 5) is 2.39. The summed E-state index contributed by atoms with van der Waals surface area (Å²) in [5, 5.41) is 0. The number of hydrogen-bond donors (Lipinski definition) is 0. The van der Waals surface area contributed by atoms with Crippen LogP contribution in [0.1, 0.15) is 19.3 Å². The third-order valence-corrected chi connectivity index (χ3v) is 4.90. The first-order valence-electron chi connectivity index (χ1n) is 5.89. The topological polar surface area (TPSA) is 0 Å². The van der Waals surface area contributed by atoms with Crippen molar-refractivity contribution in [3.63, 3.8) is 0 Å². The third-order valence-electron chi connectivity index (χ3n) is 3.15. The van der Waals surface area contributed by atoms with Gasteiger partial charge in [0.05, 0.1) is 0 Å². The fourth-order valence-electron chi connectivity index (χ4n) is 2.17. The zero-order valence-corrected chi connectivity index (χ0v) is 11.2. The van der Waals surface area contributed by atoms with Gasteiger partial charge in [0.2, 0.25) is 0 Å². The minimum atomic E-state index is 0.507. The van der Waals surface area contributed by atoms with Gasteiger partial charge in [0.15, 0.2) is 0 Å². The van der Waals surface area contributed by atoms with Crippen LogP contribution in [0.25, 0.3) is 0 Å². The van der Waals surface area contributed by atoms with Gasteiger partial charge in [-0.2, -0.15) is 0 Å². The molecule has 1 aliphatic rings. The van der Waals surface area contributed by atoms with Crippen molar-refractivity contribution in [3.05, 3.63) is 54.0 Å². The molecular weight excluding hydrogens is 259 g/mol. The molecule has 0 heterocycles. The molecule has 1 aliphatic carbocycles. The van der Waals surface area contributed by atoms with Crippen molar-refractivity contribution in [3.8, 4) is 0 Å². The standard InChI is InChI=1S/C15H18Se/c1-2-13-8-9-14(12-13)10-11-16-15-6-4-3-5-7-15/h2-7,10-11,13-14H,1,8-9,12H2/b11-10+. The second-order valence-corrected chi connectivity index (χ2v) is 6.38. The molecule has 1 heteroatoms.